The van der Waals surface area contributed by atoms with E-state index in [1.165, 1.54) is 6.92 Å². The van der Waals surface area contributed by atoms with Crippen molar-refractivity contribution in [1.82, 2.24) is 0 Å². The van der Waals surface area contributed by atoms with Crippen molar-refractivity contribution < 1.29 is 14.6 Å². The molecule has 3 nitrogen and oxygen atoms in total. The molecule has 0 aromatic carbocycles. The lowest BCUT2D eigenvalue weighted by Gasteiger charge is -2.24. The Morgan fingerprint density at radius 2 is 2.00 bits per heavy atom. The van der Waals surface area contributed by atoms with Crippen LogP contribution in [0.3, 0.4) is 0 Å². The van der Waals surface area contributed by atoms with Crippen molar-refractivity contribution >= 4 is 0 Å². The number of rotatable bonds is 4. The first-order valence-corrected chi connectivity index (χ1v) is 3.52. The van der Waals surface area contributed by atoms with E-state index >= 15 is 0 Å². The van der Waals surface area contributed by atoms with Gasteiger partial charge < -0.3 is 14.6 Å². The van der Waals surface area contributed by atoms with Crippen molar-refractivity contribution in [1.29, 1.82) is 0 Å². The van der Waals surface area contributed by atoms with Crippen molar-refractivity contribution in [2.45, 2.75) is 39.8 Å². The first kappa shape index (κ1) is 9.88. The SMILES string of the molecule is CCOC(C)(O)OC(C)C. The van der Waals surface area contributed by atoms with Gasteiger partial charge in [-0.1, -0.05) is 0 Å². The molecule has 62 valence electrons. The second kappa shape index (κ2) is 3.91. The standard InChI is InChI=1S/C7H16O3/c1-5-9-7(4,8)10-6(2)3/h6,8H,5H2,1-4H3. The zero-order chi connectivity index (χ0) is 8.20. The summed E-state index contributed by atoms with van der Waals surface area (Å²) in [5.74, 6) is -1.43. The second-order valence-corrected chi connectivity index (χ2v) is 2.50. The molecule has 0 saturated heterocycles. The minimum Gasteiger partial charge on any atom is -0.344 e. The predicted molar refractivity (Wildman–Crippen MR) is 38.5 cm³/mol. The number of hydrogen-bond donors (Lipinski definition) is 1. The molecule has 0 bridgehead atoms. The van der Waals surface area contributed by atoms with Crippen molar-refractivity contribution in [3.05, 3.63) is 0 Å². The van der Waals surface area contributed by atoms with Crippen LogP contribution < -0.4 is 0 Å². The Morgan fingerprint density at radius 3 is 2.30 bits per heavy atom. The van der Waals surface area contributed by atoms with Gasteiger partial charge in [-0.25, -0.2) is 0 Å². The molecule has 0 heterocycles. The summed E-state index contributed by atoms with van der Waals surface area (Å²) < 4.78 is 9.88. The smallest absolute Gasteiger partial charge is 0.277 e. The van der Waals surface area contributed by atoms with Crippen LogP contribution >= 0.6 is 0 Å². The van der Waals surface area contributed by atoms with Gasteiger partial charge in [0.15, 0.2) is 0 Å². The third-order valence-corrected chi connectivity index (χ3v) is 0.867. The quantitative estimate of drug-likeness (QED) is 0.607. The highest BCUT2D eigenvalue weighted by Crippen LogP contribution is 2.09. The summed E-state index contributed by atoms with van der Waals surface area (Å²) in [7, 11) is 0. The molecule has 3 heteroatoms. The minimum absolute atomic E-state index is 0.0263. The van der Waals surface area contributed by atoms with Crippen LogP contribution in [-0.2, 0) is 9.47 Å². The van der Waals surface area contributed by atoms with Gasteiger partial charge in [0.2, 0.25) is 0 Å². The van der Waals surface area contributed by atoms with E-state index < -0.39 is 5.97 Å². The largest absolute Gasteiger partial charge is 0.344 e. The van der Waals surface area contributed by atoms with Crippen molar-refractivity contribution in [3.63, 3.8) is 0 Å². The van der Waals surface area contributed by atoms with Crippen LogP contribution in [0.4, 0.5) is 0 Å². The molecule has 0 amide bonds. The molecule has 0 fully saturated rings. The van der Waals surface area contributed by atoms with Gasteiger partial charge in [0.1, 0.15) is 0 Å². The Labute approximate surface area is 62.0 Å². The van der Waals surface area contributed by atoms with Crippen LogP contribution in [0.5, 0.6) is 0 Å². The maximum atomic E-state index is 9.24. The van der Waals surface area contributed by atoms with E-state index in [0.29, 0.717) is 6.61 Å². The number of ether oxygens (including phenoxy) is 2. The van der Waals surface area contributed by atoms with E-state index in [-0.39, 0.29) is 6.10 Å². The molecule has 10 heavy (non-hydrogen) atoms. The molecule has 0 aliphatic heterocycles. The molecule has 0 aromatic heterocycles. The van der Waals surface area contributed by atoms with Gasteiger partial charge in [0.25, 0.3) is 5.97 Å². The van der Waals surface area contributed by atoms with Gasteiger partial charge in [-0.05, 0) is 20.8 Å². The summed E-state index contributed by atoms with van der Waals surface area (Å²) in [5, 5.41) is 9.24. The van der Waals surface area contributed by atoms with Gasteiger partial charge in [-0.2, -0.15) is 0 Å². The molecule has 0 aliphatic rings. The fourth-order valence-corrected chi connectivity index (χ4v) is 0.739. The normalized spacial score (nSPS) is 17.4. The molecule has 0 rings (SSSR count). The summed E-state index contributed by atoms with van der Waals surface area (Å²) in [6.45, 7) is 7.41. The predicted octanol–water partition coefficient (Wildman–Crippen LogP) is 1.11. The summed E-state index contributed by atoms with van der Waals surface area (Å²) in [5.41, 5.74) is 0. The van der Waals surface area contributed by atoms with Gasteiger partial charge in [-0.3, -0.25) is 0 Å². The third-order valence-electron chi connectivity index (χ3n) is 0.867. The molecule has 0 aromatic rings. The Bertz CT molecular complexity index is 88.9. The highest BCUT2D eigenvalue weighted by Gasteiger charge is 2.21. The van der Waals surface area contributed by atoms with Crippen molar-refractivity contribution in [3.8, 4) is 0 Å². The Hall–Kier alpha value is -0.120. The van der Waals surface area contributed by atoms with Gasteiger partial charge in [-0.15, -0.1) is 0 Å². The number of aliphatic hydroxyl groups is 1. The Morgan fingerprint density at radius 1 is 1.50 bits per heavy atom. The van der Waals surface area contributed by atoms with Gasteiger partial charge in [0.05, 0.1) is 6.10 Å². The molecule has 0 aliphatic carbocycles. The van der Waals surface area contributed by atoms with Crippen LogP contribution in [0.25, 0.3) is 0 Å². The summed E-state index contributed by atoms with van der Waals surface area (Å²) in [6, 6.07) is 0. The second-order valence-electron chi connectivity index (χ2n) is 2.50. The van der Waals surface area contributed by atoms with Crippen LogP contribution in [0, 0.1) is 0 Å². The molecule has 0 saturated carbocycles. The lowest BCUT2D eigenvalue weighted by molar-refractivity contribution is -0.358. The van der Waals surface area contributed by atoms with E-state index in [1.54, 1.807) is 6.92 Å². The summed E-state index contributed by atoms with van der Waals surface area (Å²) in [6.07, 6.45) is -0.0263. The third kappa shape index (κ3) is 4.73. The fraction of sp³-hybridized carbons (Fsp3) is 1.00. The Balaban J connectivity index is 3.63. The maximum absolute atomic E-state index is 9.24. The molecule has 0 spiro atoms. The van der Waals surface area contributed by atoms with E-state index in [1.807, 2.05) is 13.8 Å². The number of hydrogen-bond acceptors (Lipinski definition) is 3. The van der Waals surface area contributed by atoms with E-state index in [2.05, 4.69) is 0 Å². The first-order valence-electron chi connectivity index (χ1n) is 3.52. The van der Waals surface area contributed by atoms with Crippen LogP contribution in [0.1, 0.15) is 27.7 Å². The summed E-state index contributed by atoms with van der Waals surface area (Å²) >= 11 is 0. The maximum Gasteiger partial charge on any atom is 0.277 e. The minimum atomic E-state index is -1.43. The highest BCUT2D eigenvalue weighted by molar-refractivity contribution is 4.45. The Kier molecular flexibility index (Phi) is 3.86. The molecule has 1 atom stereocenters. The fourth-order valence-electron chi connectivity index (χ4n) is 0.739. The van der Waals surface area contributed by atoms with Crippen LogP contribution in [-0.4, -0.2) is 23.8 Å². The zero-order valence-corrected chi connectivity index (χ0v) is 7.05. The van der Waals surface area contributed by atoms with E-state index in [4.69, 9.17) is 9.47 Å². The monoisotopic (exact) mass is 148 g/mol. The molecule has 1 N–H and O–H groups in total. The van der Waals surface area contributed by atoms with Gasteiger partial charge >= 0.3 is 0 Å². The average molecular weight is 148 g/mol. The van der Waals surface area contributed by atoms with Crippen molar-refractivity contribution in [2.24, 2.45) is 0 Å². The molecule has 0 radical (unpaired) electrons. The lowest BCUT2D eigenvalue weighted by atomic mass is 10.5. The molecular formula is C7H16O3. The topological polar surface area (TPSA) is 38.7 Å². The van der Waals surface area contributed by atoms with E-state index in [9.17, 15) is 5.11 Å². The molecule has 1 unspecified atom stereocenters. The summed E-state index contributed by atoms with van der Waals surface area (Å²) in [4.78, 5) is 0. The van der Waals surface area contributed by atoms with Crippen LogP contribution in [0.2, 0.25) is 0 Å². The first-order chi connectivity index (χ1) is 4.48. The van der Waals surface area contributed by atoms with E-state index in [0.717, 1.165) is 0 Å². The average Bonchev–Trinajstić information content (AvgIpc) is 1.59. The lowest BCUT2D eigenvalue weighted by Crippen LogP contribution is -2.34. The zero-order valence-electron chi connectivity index (χ0n) is 7.05. The van der Waals surface area contributed by atoms with Crippen LogP contribution in [0.15, 0.2) is 0 Å². The van der Waals surface area contributed by atoms with Gasteiger partial charge in [0, 0.05) is 13.5 Å². The van der Waals surface area contributed by atoms with Crippen molar-refractivity contribution in [2.75, 3.05) is 6.61 Å². The molecular weight excluding hydrogens is 132 g/mol. The highest BCUT2D eigenvalue weighted by atomic mass is 16.8.